The molecule has 5 heteroatoms. The number of nitrogens with one attached hydrogen (secondary N) is 2. The highest BCUT2D eigenvalue weighted by molar-refractivity contribution is 6.09. The number of hydrogen-bond acceptors (Lipinski definition) is 3. The first kappa shape index (κ1) is 10.4. The lowest BCUT2D eigenvalue weighted by atomic mass is 9.69. The van der Waals surface area contributed by atoms with Gasteiger partial charge in [0, 0.05) is 7.11 Å². The van der Waals surface area contributed by atoms with Crippen molar-refractivity contribution in [2.24, 2.45) is 10.9 Å². The number of ether oxygens (including phenoxy) is 1. The highest BCUT2D eigenvalue weighted by Crippen LogP contribution is 2.39. The Morgan fingerprint density at radius 3 is 2.93 bits per heavy atom. The zero-order chi connectivity index (χ0) is 10.9. The Morgan fingerprint density at radius 1 is 1.60 bits per heavy atom. The summed E-state index contributed by atoms with van der Waals surface area (Å²) >= 11 is 0. The quantitative estimate of drug-likeness (QED) is 0.640. The molecule has 0 aromatic carbocycles. The largest absolute Gasteiger partial charge is 0.383 e. The van der Waals surface area contributed by atoms with Crippen molar-refractivity contribution in [3.05, 3.63) is 0 Å². The van der Waals surface area contributed by atoms with Crippen molar-refractivity contribution >= 4 is 11.9 Å². The molecule has 2 fully saturated rings. The minimum atomic E-state index is -0.356. The number of rotatable bonds is 3. The zero-order valence-corrected chi connectivity index (χ0v) is 9.17. The van der Waals surface area contributed by atoms with Gasteiger partial charge in [0.1, 0.15) is 5.54 Å². The molecule has 15 heavy (non-hydrogen) atoms. The molecule has 2 rings (SSSR count). The molecule has 84 valence electrons. The lowest BCUT2D eigenvalue weighted by Crippen LogP contribution is -2.56. The lowest BCUT2D eigenvalue weighted by Gasteiger charge is -2.40. The summed E-state index contributed by atoms with van der Waals surface area (Å²) in [5.74, 6) is 1.29. The minimum absolute atomic E-state index is 0.0665. The van der Waals surface area contributed by atoms with Crippen LogP contribution in [-0.2, 0) is 9.53 Å². The summed E-state index contributed by atoms with van der Waals surface area (Å²) in [5.41, 5.74) is -0.356. The minimum Gasteiger partial charge on any atom is -0.383 e. The van der Waals surface area contributed by atoms with Crippen LogP contribution in [0, 0.1) is 5.92 Å². The van der Waals surface area contributed by atoms with Crippen LogP contribution in [-0.4, -0.2) is 37.7 Å². The highest BCUT2D eigenvalue weighted by Gasteiger charge is 2.52. The molecule has 0 bridgehead atoms. The number of aliphatic imine (C=N–C) groups is 1. The number of nitrogens with zero attached hydrogens (tertiary/aromatic N) is 1. The third-order valence-electron chi connectivity index (χ3n) is 2.98. The van der Waals surface area contributed by atoms with Crippen molar-refractivity contribution in [1.29, 1.82) is 0 Å². The van der Waals surface area contributed by atoms with Crippen molar-refractivity contribution in [2.75, 3.05) is 20.3 Å². The van der Waals surface area contributed by atoms with E-state index in [-0.39, 0.29) is 11.4 Å². The van der Waals surface area contributed by atoms with Gasteiger partial charge in [-0.05, 0) is 18.8 Å². The molecule has 0 aromatic heterocycles. The summed E-state index contributed by atoms with van der Waals surface area (Å²) in [5, 5.41) is 5.95. The van der Waals surface area contributed by atoms with E-state index in [1.165, 1.54) is 0 Å². The third kappa shape index (κ3) is 1.84. The van der Waals surface area contributed by atoms with E-state index < -0.39 is 0 Å². The van der Waals surface area contributed by atoms with Crippen molar-refractivity contribution in [2.45, 2.75) is 25.3 Å². The Morgan fingerprint density at radius 2 is 2.33 bits per heavy atom. The summed E-state index contributed by atoms with van der Waals surface area (Å²) in [6.07, 6.45) is 1.81. The van der Waals surface area contributed by atoms with Gasteiger partial charge in [0.25, 0.3) is 5.91 Å². The van der Waals surface area contributed by atoms with Crippen LogP contribution in [0.4, 0.5) is 0 Å². The second-order valence-corrected chi connectivity index (χ2v) is 4.40. The van der Waals surface area contributed by atoms with E-state index in [4.69, 9.17) is 4.74 Å². The van der Waals surface area contributed by atoms with Gasteiger partial charge in [0.15, 0.2) is 5.96 Å². The van der Waals surface area contributed by atoms with E-state index in [1.54, 1.807) is 7.11 Å². The van der Waals surface area contributed by atoms with E-state index in [0.717, 1.165) is 12.8 Å². The number of carbonyl (C=O) groups excluding carboxylic acids is 1. The van der Waals surface area contributed by atoms with E-state index in [1.807, 2.05) is 0 Å². The molecule has 0 atom stereocenters. The van der Waals surface area contributed by atoms with E-state index in [0.29, 0.717) is 25.0 Å². The standard InChI is InChI=1S/C10H17N3O2/c1-7-5-10(6-7)8(14)12-9(13-10)11-3-4-15-2/h7H,3-6H2,1-2H3,(H2,11,12,13,14). The highest BCUT2D eigenvalue weighted by atomic mass is 16.5. The predicted molar refractivity (Wildman–Crippen MR) is 56.6 cm³/mol. The monoisotopic (exact) mass is 211 g/mol. The normalized spacial score (nSPS) is 36.5. The van der Waals surface area contributed by atoms with Crippen molar-refractivity contribution in [1.82, 2.24) is 10.6 Å². The van der Waals surface area contributed by atoms with E-state index in [9.17, 15) is 4.79 Å². The average Bonchev–Trinajstić information content (AvgIpc) is 2.44. The molecular weight excluding hydrogens is 194 g/mol. The molecule has 2 N–H and O–H groups in total. The SMILES string of the molecule is COCCN=C1NC(=O)C2(CC(C)C2)N1. The van der Waals surface area contributed by atoms with Crippen molar-refractivity contribution < 1.29 is 9.53 Å². The van der Waals surface area contributed by atoms with Crippen LogP contribution in [0.5, 0.6) is 0 Å². The first-order valence-electron chi connectivity index (χ1n) is 5.29. The fraction of sp³-hybridized carbons (Fsp3) is 0.800. The van der Waals surface area contributed by atoms with Crippen LogP contribution < -0.4 is 10.6 Å². The van der Waals surface area contributed by atoms with Crippen LogP contribution in [0.3, 0.4) is 0 Å². The molecule has 1 saturated heterocycles. The summed E-state index contributed by atoms with van der Waals surface area (Å²) < 4.78 is 4.89. The smallest absolute Gasteiger partial charge is 0.252 e. The lowest BCUT2D eigenvalue weighted by molar-refractivity contribution is -0.128. The number of hydrogen-bond donors (Lipinski definition) is 2. The molecule has 0 radical (unpaired) electrons. The Hall–Kier alpha value is -1.10. The number of amides is 1. The molecule has 5 nitrogen and oxygen atoms in total. The van der Waals surface area contributed by atoms with Gasteiger partial charge in [-0.1, -0.05) is 6.92 Å². The molecular formula is C10H17N3O2. The number of guanidine groups is 1. The fourth-order valence-electron chi connectivity index (χ4n) is 2.29. The van der Waals surface area contributed by atoms with Gasteiger partial charge in [0.2, 0.25) is 0 Å². The first-order valence-corrected chi connectivity index (χ1v) is 5.29. The number of carbonyl (C=O) groups is 1. The van der Waals surface area contributed by atoms with Gasteiger partial charge < -0.3 is 10.1 Å². The maximum Gasteiger partial charge on any atom is 0.252 e. The molecule has 1 amide bonds. The third-order valence-corrected chi connectivity index (χ3v) is 2.98. The molecule has 1 saturated carbocycles. The molecule has 1 aliphatic heterocycles. The topological polar surface area (TPSA) is 62.7 Å². The fourth-order valence-corrected chi connectivity index (χ4v) is 2.29. The summed E-state index contributed by atoms with van der Waals surface area (Å²) in [6.45, 7) is 3.30. The molecule has 1 heterocycles. The van der Waals surface area contributed by atoms with Crippen molar-refractivity contribution in [3.8, 4) is 0 Å². The average molecular weight is 211 g/mol. The summed E-state index contributed by atoms with van der Waals surface area (Å²) in [4.78, 5) is 15.9. The number of methoxy groups -OCH3 is 1. The second kappa shape index (κ2) is 3.81. The first-order chi connectivity index (χ1) is 7.16. The molecule has 0 aromatic rings. The van der Waals surface area contributed by atoms with Gasteiger partial charge >= 0.3 is 0 Å². The maximum atomic E-state index is 11.7. The van der Waals surface area contributed by atoms with Crippen LogP contribution in [0.25, 0.3) is 0 Å². The van der Waals surface area contributed by atoms with Gasteiger partial charge in [-0.25, -0.2) is 0 Å². The Labute approximate surface area is 89.3 Å². The zero-order valence-electron chi connectivity index (χ0n) is 9.17. The predicted octanol–water partition coefficient (Wildman–Crippen LogP) is -0.123. The van der Waals surface area contributed by atoms with Gasteiger partial charge in [-0.2, -0.15) is 0 Å². The Balaban J connectivity index is 1.93. The maximum absolute atomic E-state index is 11.7. The van der Waals surface area contributed by atoms with E-state index >= 15 is 0 Å². The van der Waals surface area contributed by atoms with Crippen LogP contribution >= 0.6 is 0 Å². The van der Waals surface area contributed by atoms with Gasteiger partial charge in [0.05, 0.1) is 13.2 Å². The van der Waals surface area contributed by atoms with Crippen LogP contribution in [0.15, 0.2) is 4.99 Å². The van der Waals surface area contributed by atoms with Crippen molar-refractivity contribution in [3.63, 3.8) is 0 Å². The van der Waals surface area contributed by atoms with Gasteiger partial charge in [-0.3, -0.25) is 15.1 Å². The summed E-state index contributed by atoms with van der Waals surface area (Å²) in [7, 11) is 1.63. The molecule has 1 spiro atoms. The van der Waals surface area contributed by atoms with Crippen LogP contribution in [0.2, 0.25) is 0 Å². The molecule has 1 aliphatic carbocycles. The van der Waals surface area contributed by atoms with E-state index in [2.05, 4.69) is 22.5 Å². The molecule has 0 unspecified atom stereocenters. The Bertz CT molecular complexity index is 295. The van der Waals surface area contributed by atoms with Crippen LogP contribution in [0.1, 0.15) is 19.8 Å². The Kier molecular flexibility index (Phi) is 2.65. The van der Waals surface area contributed by atoms with Gasteiger partial charge in [-0.15, -0.1) is 0 Å². The second-order valence-electron chi connectivity index (χ2n) is 4.40. The molecule has 2 aliphatic rings. The summed E-state index contributed by atoms with van der Waals surface area (Å²) in [6, 6.07) is 0.